The third-order valence-corrected chi connectivity index (χ3v) is 5.62. The monoisotopic (exact) mass is 435 g/mol. The lowest BCUT2D eigenvalue weighted by Gasteiger charge is -2.14. The quantitative estimate of drug-likeness (QED) is 0.512. The first-order chi connectivity index (χ1) is 14.1. The maximum absolute atomic E-state index is 12.1. The second-order valence-corrected chi connectivity index (χ2v) is 7.48. The van der Waals surface area contributed by atoms with Gasteiger partial charge < -0.3 is 24.1 Å². The van der Waals surface area contributed by atoms with Gasteiger partial charge in [-0.25, -0.2) is 4.98 Å². The van der Waals surface area contributed by atoms with Gasteiger partial charge in [-0.2, -0.15) is 0 Å². The number of benzene rings is 1. The Morgan fingerprint density at radius 3 is 2.45 bits per heavy atom. The van der Waals surface area contributed by atoms with Crippen LogP contribution in [0.5, 0.6) is 17.2 Å². The number of methoxy groups -OCH3 is 3. The first-order valence-electron chi connectivity index (χ1n) is 8.67. The van der Waals surface area contributed by atoms with Crippen LogP contribution in [-0.2, 0) is 11.3 Å². The van der Waals surface area contributed by atoms with Crippen LogP contribution in [0, 0.1) is 0 Å². The predicted octanol–water partition coefficient (Wildman–Crippen LogP) is 3.18. The van der Waals surface area contributed by atoms with E-state index in [4.69, 9.17) is 14.2 Å². The fraction of sp³-hybridized carbons (Fsp3) is 0.333. The number of hydrogen-bond donors (Lipinski definition) is 1. The van der Waals surface area contributed by atoms with E-state index in [9.17, 15) is 4.79 Å². The minimum absolute atomic E-state index is 0.148. The molecule has 2 heterocycles. The van der Waals surface area contributed by atoms with Crippen molar-refractivity contribution in [3.63, 3.8) is 0 Å². The van der Waals surface area contributed by atoms with Crippen molar-refractivity contribution >= 4 is 34.1 Å². The lowest BCUT2D eigenvalue weighted by atomic mass is 10.1. The Hall–Kier alpha value is -2.79. The number of nitrogens with one attached hydrogen (secondary N) is 1. The number of aromatic nitrogens is 4. The van der Waals surface area contributed by atoms with Crippen molar-refractivity contribution in [3.8, 4) is 28.6 Å². The number of carbonyl (C=O) groups is 1. The number of thiazole rings is 1. The van der Waals surface area contributed by atoms with Gasteiger partial charge in [0.2, 0.25) is 11.7 Å². The summed E-state index contributed by atoms with van der Waals surface area (Å²) < 4.78 is 18.2. The average molecular weight is 436 g/mol. The molecule has 3 aromatic rings. The molecule has 154 valence electrons. The van der Waals surface area contributed by atoms with Crippen molar-refractivity contribution in [2.24, 2.45) is 0 Å². The summed E-state index contributed by atoms with van der Waals surface area (Å²) in [4.78, 5) is 16.2. The van der Waals surface area contributed by atoms with E-state index < -0.39 is 0 Å². The van der Waals surface area contributed by atoms with Gasteiger partial charge in [0.05, 0.1) is 27.1 Å². The second kappa shape index (κ2) is 9.61. The topological polar surface area (TPSA) is 100 Å². The Balaban J connectivity index is 1.83. The molecule has 0 aliphatic heterocycles. The first-order valence-corrected chi connectivity index (χ1v) is 10.5. The molecule has 0 saturated carbocycles. The predicted molar refractivity (Wildman–Crippen MR) is 112 cm³/mol. The number of nitrogens with zero attached hydrogens (tertiary/aromatic N) is 4. The van der Waals surface area contributed by atoms with Crippen LogP contribution in [-0.4, -0.2) is 52.7 Å². The summed E-state index contributed by atoms with van der Waals surface area (Å²) in [5, 5.41) is 14.3. The van der Waals surface area contributed by atoms with Gasteiger partial charge in [0.25, 0.3) is 0 Å². The van der Waals surface area contributed by atoms with Crippen LogP contribution in [0.2, 0.25) is 0 Å². The molecular formula is C18H21N5O4S2. The van der Waals surface area contributed by atoms with E-state index in [0.717, 1.165) is 5.56 Å². The third-order valence-electron chi connectivity index (χ3n) is 3.97. The lowest BCUT2D eigenvalue weighted by molar-refractivity contribution is -0.113. The smallest absolute Gasteiger partial charge is 0.236 e. The van der Waals surface area contributed by atoms with E-state index >= 15 is 0 Å². The van der Waals surface area contributed by atoms with Crippen LogP contribution in [0.4, 0.5) is 5.13 Å². The van der Waals surface area contributed by atoms with E-state index in [2.05, 4.69) is 20.5 Å². The molecule has 29 heavy (non-hydrogen) atoms. The van der Waals surface area contributed by atoms with Gasteiger partial charge in [0.1, 0.15) is 0 Å². The molecule has 0 spiro atoms. The molecule has 0 aliphatic rings. The molecule has 2 aromatic heterocycles. The molecule has 0 radical (unpaired) electrons. The summed E-state index contributed by atoms with van der Waals surface area (Å²) in [5.41, 5.74) is 0.771. The Kier molecular flexibility index (Phi) is 6.94. The fourth-order valence-corrected chi connectivity index (χ4v) is 4.02. The SMILES string of the molecule is CCn1c(SCC(=O)Nc2nccs2)nnc1-c1cc(OC)c(OC)c(OC)c1. The highest BCUT2D eigenvalue weighted by Gasteiger charge is 2.19. The molecule has 0 saturated heterocycles. The van der Waals surface area contributed by atoms with E-state index in [-0.39, 0.29) is 11.7 Å². The van der Waals surface area contributed by atoms with Crippen molar-refractivity contribution in [1.29, 1.82) is 0 Å². The number of anilines is 1. The van der Waals surface area contributed by atoms with Gasteiger partial charge in [0.15, 0.2) is 27.6 Å². The van der Waals surface area contributed by atoms with Crippen molar-refractivity contribution in [2.75, 3.05) is 32.4 Å². The van der Waals surface area contributed by atoms with Gasteiger partial charge in [0, 0.05) is 23.7 Å². The number of ether oxygens (including phenoxy) is 3. The molecule has 11 heteroatoms. The maximum atomic E-state index is 12.1. The summed E-state index contributed by atoms with van der Waals surface area (Å²) in [6.07, 6.45) is 1.64. The van der Waals surface area contributed by atoms with Crippen LogP contribution in [0.25, 0.3) is 11.4 Å². The van der Waals surface area contributed by atoms with Crippen molar-refractivity contribution in [2.45, 2.75) is 18.6 Å². The standard InChI is InChI=1S/C18H21N5O4S2/c1-5-23-16(11-8-12(25-2)15(27-4)13(9-11)26-3)21-22-18(23)29-10-14(24)20-17-19-6-7-28-17/h6-9H,5,10H2,1-4H3,(H,19,20,24). The third kappa shape index (κ3) is 4.62. The molecule has 9 nitrogen and oxygen atoms in total. The van der Waals surface area contributed by atoms with E-state index in [1.807, 2.05) is 23.6 Å². The number of carbonyl (C=O) groups excluding carboxylic acids is 1. The Morgan fingerprint density at radius 1 is 1.17 bits per heavy atom. The summed E-state index contributed by atoms with van der Waals surface area (Å²) in [7, 11) is 4.68. The molecule has 3 rings (SSSR count). The van der Waals surface area contributed by atoms with Crippen LogP contribution in [0.3, 0.4) is 0 Å². The summed E-state index contributed by atoms with van der Waals surface area (Å²) in [5.74, 6) is 2.27. The Bertz CT molecular complexity index is 950. The van der Waals surface area contributed by atoms with Gasteiger partial charge in [-0.1, -0.05) is 11.8 Å². The number of hydrogen-bond acceptors (Lipinski definition) is 9. The molecule has 0 aliphatic carbocycles. The van der Waals surface area contributed by atoms with Crippen LogP contribution in [0.15, 0.2) is 28.9 Å². The zero-order valence-corrected chi connectivity index (χ0v) is 18.1. The summed E-state index contributed by atoms with van der Waals surface area (Å²) in [6.45, 7) is 2.62. The summed E-state index contributed by atoms with van der Waals surface area (Å²) >= 11 is 2.68. The molecular weight excluding hydrogens is 414 g/mol. The number of rotatable bonds is 9. The normalized spacial score (nSPS) is 10.6. The van der Waals surface area contributed by atoms with E-state index in [1.165, 1.54) is 23.1 Å². The van der Waals surface area contributed by atoms with Crippen molar-refractivity contribution in [1.82, 2.24) is 19.7 Å². The average Bonchev–Trinajstić information content (AvgIpc) is 3.40. The Morgan fingerprint density at radius 2 is 1.90 bits per heavy atom. The van der Waals surface area contributed by atoms with E-state index in [1.54, 1.807) is 32.9 Å². The van der Waals surface area contributed by atoms with Gasteiger partial charge in [-0.15, -0.1) is 21.5 Å². The highest BCUT2D eigenvalue weighted by molar-refractivity contribution is 7.99. The van der Waals surface area contributed by atoms with Crippen LogP contribution < -0.4 is 19.5 Å². The largest absolute Gasteiger partial charge is 0.493 e. The highest BCUT2D eigenvalue weighted by atomic mass is 32.2. The molecule has 0 atom stereocenters. The minimum Gasteiger partial charge on any atom is -0.493 e. The molecule has 1 aromatic carbocycles. The van der Waals surface area contributed by atoms with E-state index in [0.29, 0.717) is 39.9 Å². The molecule has 1 amide bonds. The summed E-state index contributed by atoms with van der Waals surface area (Å²) in [6, 6.07) is 3.64. The van der Waals surface area contributed by atoms with Crippen molar-refractivity contribution in [3.05, 3.63) is 23.7 Å². The maximum Gasteiger partial charge on any atom is 0.236 e. The minimum atomic E-state index is -0.148. The van der Waals surface area contributed by atoms with Gasteiger partial charge in [-0.05, 0) is 19.1 Å². The molecule has 0 bridgehead atoms. The zero-order valence-electron chi connectivity index (χ0n) is 16.5. The van der Waals surface area contributed by atoms with Crippen molar-refractivity contribution < 1.29 is 19.0 Å². The Labute approximate surface area is 176 Å². The second-order valence-electron chi connectivity index (χ2n) is 5.64. The highest BCUT2D eigenvalue weighted by Crippen LogP contribution is 2.41. The first kappa shape index (κ1) is 20.9. The van der Waals surface area contributed by atoms with Gasteiger partial charge in [-0.3, -0.25) is 4.79 Å². The number of amides is 1. The molecule has 0 fully saturated rings. The van der Waals surface area contributed by atoms with Crippen LogP contribution in [0.1, 0.15) is 6.92 Å². The fourth-order valence-electron chi connectivity index (χ4n) is 2.67. The molecule has 0 unspecified atom stereocenters. The number of thioether (sulfide) groups is 1. The molecule has 1 N–H and O–H groups in total. The van der Waals surface area contributed by atoms with Gasteiger partial charge >= 0.3 is 0 Å². The lowest BCUT2D eigenvalue weighted by Crippen LogP contribution is -2.14. The van der Waals surface area contributed by atoms with Crippen LogP contribution >= 0.6 is 23.1 Å². The zero-order chi connectivity index (χ0) is 20.8.